The fraction of sp³-hybridized carbons (Fsp3) is 0.409. The second-order valence-electron chi connectivity index (χ2n) is 7.00. The van der Waals surface area contributed by atoms with Crippen LogP contribution in [0.3, 0.4) is 0 Å². The molecule has 1 unspecified atom stereocenters. The number of carbonyl (C=O) groups is 2. The Labute approximate surface area is 177 Å². The number of nitrogens with one attached hydrogen (secondary N) is 1. The highest BCUT2D eigenvalue weighted by Gasteiger charge is 2.22. The minimum atomic E-state index is -0.219. The van der Waals surface area contributed by atoms with Gasteiger partial charge in [-0.05, 0) is 43.8 Å². The van der Waals surface area contributed by atoms with Crippen LogP contribution in [0.1, 0.15) is 52.0 Å². The van der Waals surface area contributed by atoms with Crippen LogP contribution >= 0.6 is 11.6 Å². The number of halogens is 1. The molecular formula is C22H29ClN4O2. The number of aryl methyl sites for hydroxylation is 1. The monoisotopic (exact) mass is 416 g/mol. The van der Waals surface area contributed by atoms with Crippen molar-refractivity contribution in [3.63, 3.8) is 0 Å². The Hall–Kier alpha value is -2.44. The SMILES string of the molecule is CCN(CC)C(CNC(=O)c1ccc(C(=O)N(C)C)nc1C)c1ccccc1Cl. The molecule has 29 heavy (non-hydrogen) atoms. The molecule has 6 nitrogen and oxygen atoms in total. The van der Waals surface area contributed by atoms with E-state index in [-0.39, 0.29) is 17.9 Å². The second kappa shape index (κ2) is 10.4. The van der Waals surface area contributed by atoms with Crippen LogP contribution in [0.25, 0.3) is 0 Å². The van der Waals surface area contributed by atoms with Gasteiger partial charge in [0, 0.05) is 25.7 Å². The van der Waals surface area contributed by atoms with Crippen LogP contribution in [0.5, 0.6) is 0 Å². The van der Waals surface area contributed by atoms with Gasteiger partial charge in [0.15, 0.2) is 0 Å². The predicted octanol–water partition coefficient (Wildman–Crippen LogP) is 3.56. The molecule has 0 saturated heterocycles. The summed E-state index contributed by atoms with van der Waals surface area (Å²) in [5.74, 6) is -0.413. The number of benzene rings is 1. The number of pyridine rings is 1. The highest BCUT2D eigenvalue weighted by molar-refractivity contribution is 6.31. The first-order valence-electron chi connectivity index (χ1n) is 9.76. The van der Waals surface area contributed by atoms with Crippen LogP contribution in [0.2, 0.25) is 5.02 Å². The molecule has 0 radical (unpaired) electrons. The minimum absolute atomic E-state index is 0.0366. The summed E-state index contributed by atoms with van der Waals surface area (Å²) < 4.78 is 0. The zero-order valence-corrected chi connectivity index (χ0v) is 18.5. The first-order valence-corrected chi connectivity index (χ1v) is 10.1. The van der Waals surface area contributed by atoms with Crippen molar-refractivity contribution in [2.24, 2.45) is 0 Å². The van der Waals surface area contributed by atoms with Gasteiger partial charge < -0.3 is 10.2 Å². The van der Waals surface area contributed by atoms with Gasteiger partial charge in [0.25, 0.3) is 11.8 Å². The van der Waals surface area contributed by atoms with E-state index in [0.717, 1.165) is 18.7 Å². The van der Waals surface area contributed by atoms with Gasteiger partial charge in [-0.2, -0.15) is 0 Å². The van der Waals surface area contributed by atoms with E-state index < -0.39 is 0 Å². The van der Waals surface area contributed by atoms with Crippen molar-refractivity contribution < 1.29 is 9.59 Å². The molecule has 156 valence electrons. The fourth-order valence-electron chi connectivity index (χ4n) is 3.28. The number of hydrogen-bond acceptors (Lipinski definition) is 4. The molecule has 0 fully saturated rings. The zero-order valence-electron chi connectivity index (χ0n) is 17.7. The van der Waals surface area contributed by atoms with Crippen LogP contribution in [0, 0.1) is 6.92 Å². The van der Waals surface area contributed by atoms with Gasteiger partial charge in [0.2, 0.25) is 0 Å². The smallest absolute Gasteiger partial charge is 0.271 e. The van der Waals surface area contributed by atoms with E-state index >= 15 is 0 Å². The van der Waals surface area contributed by atoms with Gasteiger partial charge in [-0.1, -0.05) is 43.6 Å². The molecular weight excluding hydrogens is 388 g/mol. The van der Waals surface area contributed by atoms with E-state index in [2.05, 4.69) is 29.0 Å². The molecule has 0 bridgehead atoms. The van der Waals surface area contributed by atoms with Crippen molar-refractivity contribution in [3.8, 4) is 0 Å². The Bertz CT molecular complexity index is 866. The van der Waals surface area contributed by atoms with Crippen LogP contribution in [-0.4, -0.2) is 60.3 Å². The van der Waals surface area contributed by atoms with Gasteiger partial charge in [-0.25, -0.2) is 4.98 Å². The van der Waals surface area contributed by atoms with Crippen molar-refractivity contribution in [1.29, 1.82) is 0 Å². The molecule has 7 heteroatoms. The number of rotatable bonds is 8. The van der Waals surface area contributed by atoms with E-state index in [1.54, 1.807) is 33.2 Å². The molecule has 2 rings (SSSR count). The molecule has 0 spiro atoms. The minimum Gasteiger partial charge on any atom is -0.350 e. The Morgan fingerprint density at radius 3 is 2.31 bits per heavy atom. The Morgan fingerprint density at radius 2 is 1.76 bits per heavy atom. The summed E-state index contributed by atoms with van der Waals surface area (Å²) >= 11 is 6.42. The van der Waals surface area contributed by atoms with Crippen molar-refractivity contribution in [1.82, 2.24) is 20.1 Å². The predicted molar refractivity (Wildman–Crippen MR) is 116 cm³/mol. The van der Waals surface area contributed by atoms with Crippen molar-refractivity contribution in [2.75, 3.05) is 33.7 Å². The van der Waals surface area contributed by atoms with Crippen LogP contribution in [0.4, 0.5) is 0 Å². The summed E-state index contributed by atoms with van der Waals surface area (Å²) in [6, 6.07) is 10.9. The standard InChI is InChI=1S/C22H29ClN4O2/c1-6-27(7-2)20(17-10-8-9-11-18(17)23)14-24-21(28)16-12-13-19(25-15(16)3)22(29)26(4)5/h8-13,20H,6-7,14H2,1-5H3,(H,24,28). The third-order valence-electron chi connectivity index (χ3n) is 4.93. The maximum atomic E-state index is 12.8. The lowest BCUT2D eigenvalue weighted by molar-refractivity contribution is 0.0820. The third kappa shape index (κ3) is 5.55. The summed E-state index contributed by atoms with van der Waals surface area (Å²) in [6.45, 7) is 8.00. The highest BCUT2D eigenvalue weighted by atomic mass is 35.5. The fourth-order valence-corrected chi connectivity index (χ4v) is 3.54. The van der Waals surface area contributed by atoms with Crippen molar-refractivity contribution in [3.05, 3.63) is 63.9 Å². The van der Waals surface area contributed by atoms with Crippen LogP contribution in [-0.2, 0) is 0 Å². The third-order valence-corrected chi connectivity index (χ3v) is 5.27. The molecule has 1 atom stereocenters. The average Bonchev–Trinajstić information content (AvgIpc) is 2.70. The number of likely N-dealkylation sites (N-methyl/N-ethyl adjacent to an activating group) is 1. The number of aromatic nitrogens is 1. The molecule has 1 N–H and O–H groups in total. The lowest BCUT2D eigenvalue weighted by Crippen LogP contribution is -2.38. The Morgan fingerprint density at radius 1 is 1.10 bits per heavy atom. The molecule has 0 aliphatic carbocycles. The average molecular weight is 417 g/mol. The van der Waals surface area contributed by atoms with E-state index in [1.165, 1.54) is 4.90 Å². The summed E-state index contributed by atoms with van der Waals surface area (Å²) in [5, 5.41) is 3.69. The number of amides is 2. The molecule has 1 heterocycles. The van der Waals surface area contributed by atoms with Gasteiger partial charge in [0.1, 0.15) is 5.69 Å². The van der Waals surface area contributed by atoms with Gasteiger partial charge in [0.05, 0.1) is 17.3 Å². The summed E-state index contributed by atoms with van der Waals surface area (Å²) in [6.07, 6.45) is 0. The first kappa shape index (κ1) is 22.8. The van der Waals surface area contributed by atoms with Gasteiger partial charge in [-0.3, -0.25) is 14.5 Å². The summed E-state index contributed by atoms with van der Waals surface area (Å²) in [5.41, 5.74) is 2.28. The molecule has 0 aliphatic rings. The van der Waals surface area contributed by atoms with E-state index in [4.69, 9.17) is 11.6 Å². The lowest BCUT2D eigenvalue weighted by Gasteiger charge is -2.31. The lowest BCUT2D eigenvalue weighted by atomic mass is 10.0. The molecule has 0 saturated carbocycles. The first-order chi connectivity index (χ1) is 13.8. The second-order valence-corrected chi connectivity index (χ2v) is 7.40. The maximum Gasteiger partial charge on any atom is 0.271 e. The topological polar surface area (TPSA) is 65.5 Å². The normalized spacial score (nSPS) is 12.0. The molecule has 1 aromatic carbocycles. The Balaban J connectivity index is 2.20. The number of nitrogens with zero attached hydrogens (tertiary/aromatic N) is 3. The van der Waals surface area contributed by atoms with Crippen LogP contribution in [0.15, 0.2) is 36.4 Å². The van der Waals surface area contributed by atoms with Gasteiger partial charge >= 0.3 is 0 Å². The quantitative estimate of drug-likeness (QED) is 0.714. The molecule has 2 amide bonds. The molecule has 2 aromatic rings. The number of carbonyl (C=O) groups excluding carboxylic acids is 2. The molecule has 0 aliphatic heterocycles. The summed E-state index contributed by atoms with van der Waals surface area (Å²) in [4.78, 5) is 32.9. The van der Waals surface area contributed by atoms with Crippen molar-refractivity contribution >= 4 is 23.4 Å². The Kier molecular flexibility index (Phi) is 8.17. The summed E-state index contributed by atoms with van der Waals surface area (Å²) in [7, 11) is 3.34. The van der Waals surface area contributed by atoms with Gasteiger partial charge in [-0.15, -0.1) is 0 Å². The van der Waals surface area contributed by atoms with E-state index in [9.17, 15) is 9.59 Å². The van der Waals surface area contributed by atoms with E-state index in [0.29, 0.717) is 28.5 Å². The largest absolute Gasteiger partial charge is 0.350 e. The van der Waals surface area contributed by atoms with Crippen molar-refractivity contribution in [2.45, 2.75) is 26.8 Å². The van der Waals surface area contributed by atoms with E-state index in [1.807, 2.05) is 24.3 Å². The number of hydrogen-bond donors (Lipinski definition) is 1. The zero-order chi connectivity index (χ0) is 21.6. The maximum absolute atomic E-state index is 12.8. The highest BCUT2D eigenvalue weighted by Crippen LogP contribution is 2.27. The molecule has 1 aromatic heterocycles. The van der Waals surface area contributed by atoms with Crippen LogP contribution < -0.4 is 5.32 Å².